The molecule has 2 N–H and O–H groups in total. The Bertz CT molecular complexity index is 467. The van der Waals surface area contributed by atoms with Crippen LogP contribution in [0.1, 0.15) is 32.3 Å². The summed E-state index contributed by atoms with van der Waals surface area (Å²) in [6.45, 7) is 4.36. The molecule has 4 heteroatoms. The molecule has 1 atom stereocenters. The zero-order chi connectivity index (χ0) is 15.7. The van der Waals surface area contributed by atoms with Crippen LogP contribution in [0.3, 0.4) is 0 Å². The van der Waals surface area contributed by atoms with Gasteiger partial charge in [0, 0.05) is 18.2 Å². The van der Waals surface area contributed by atoms with Crippen LogP contribution in [0.2, 0.25) is 0 Å². The number of nitrogens with one attached hydrogen (secondary N) is 1. The van der Waals surface area contributed by atoms with Gasteiger partial charge in [0.2, 0.25) is 5.91 Å². The minimum absolute atomic E-state index is 0.217. The van der Waals surface area contributed by atoms with E-state index >= 15 is 0 Å². The molecule has 0 aliphatic heterocycles. The second-order valence-electron chi connectivity index (χ2n) is 4.96. The fraction of sp³-hybridized carbons (Fsp3) is 0.471. The zero-order valence-corrected chi connectivity index (χ0v) is 13.0. The largest absolute Gasteiger partial charge is 0.496 e. The molecule has 1 aromatic carbocycles. The predicted molar refractivity (Wildman–Crippen MR) is 85.1 cm³/mol. The van der Waals surface area contributed by atoms with Gasteiger partial charge in [0.15, 0.2) is 0 Å². The monoisotopic (exact) mass is 291 g/mol. The Labute approximate surface area is 126 Å². The molecule has 0 fully saturated rings. The third-order valence-corrected chi connectivity index (χ3v) is 3.63. The molecule has 0 aliphatic rings. The predicted octanol–water partition coefficient (Wildman–Crippen LogP) is 2.62. The molecule has 0 aromatic heterocycles. The van der Waals surface area contributed by atoms with Gasteiger partial charge in [-0.15, -0.1) is 0 Å². The third-order valence-electron chi connectivity index (χ3n) is 3.63. The third kappa shape index (κ3) is 5.60. The van der Waals surface area contributed by atoms with Crippen LogP contribution in [0.25, 0.3) is 6.08 Å². The van der Waals surface area contributed by atoms with E-state index in [1.54, 1.807) is 13.2 Å². The first-order valence-electron chi connectivity index (χ1n) is 7.39. The van der Waals surface area contributed by atoms with Gasteiger partial charge in [-0.25, -0.2) is 0 Å². The molecule has 1 aromatic rings. The second-order valence-corrected chi connectivity index (χ2v) is 4.96. The van der Waals surface area contributed by atoms with Crippen molar-refractivity contribution in [2.24, 2.45) is 5.92 Å². The highest BCUT2D eigenvalue weighted by molar-refractivity contribution is 5.92. The van der Waals surface area contributed by atoms with E-state index in [4.69, 9.17) is 4.74 Å². The number of aliphatic hydroxyl groups excluding tert-OH is 1. The van der Waals surface area contributed by atoms with Crippen LogP contribution in [-0.2, 0) is 4.79 Å². The maximum absolute atomic E-state index is 11.8. The first-order chi connectivity index (χ1) is 10.1. The molecule has 0 radical (unpaired) electrons. The Balaban J connectivity index is 2.52. The first kappa shape index (κ1) is 17.2. The lowest BCUT2D eigenvalue weighted by atomic mass is 9.96. The molecule has 0 aliphatic carbocycles. The molecule has 0 heterocycles. The van der Waals surface area contributed by atoms with Crippen LogP contribution in [0, 0.1) is 5.92 Å². The molecular weight excluding hydrogens is 266 g/mol. The highest BCUT2D eigenvalue weighted by Crippen LogP contribution is 2.18. The number of ether oxygens (including phenoxy) is 1. The molecule has 0 saturated heterocycles. The maximum atomic E-state index is 11.8. The van der Waals surface area contributed by atoms with Gasteiger partial charge >= 0.3 is 0 Å². The van der Waals surface area contributed by atoms with Crippen molar-refractivity contribution in [2.75, 3.05) is 13.7 Å². The zero-order valence-electron chi connectivity index (χ0n) is 13.0. The summed E-state index contributed by atoms with van der Waals surface area (Å²) in [7, 11) is 1.60. The lowest BCUT2D eigenvalue weighted by molar-refractivity contribution is -0.117. The number of para-hydroxylation sites is 1. The van der Waals surface area contributed by atoms with E-state index in [0.29, 0.717) is 0 Å². The average molecular weight is 291 g/mol. The Morgan fingerprint density at radius 2 is 2.00 bits per heavy atom. The fourth-order valence-electron chi connectivity index (χ4n) is 2.23. The Hall–Kier alpha value is -1.81. The van der Waals surface area contributed by atoms with Crippen molar-refractivity contribution < 1.29 is 14.6 Å². The molecular formula is C17H25NO3. The second kappa shape index (κ2) is 9.19. The van der Waals surface area contributed by atoms with Crippen molar-refractivity contribution in [3.63, 3.8) is 0 Å². The van der Waals surface area contributed by atoms with Gasteiger partial charge in [0.25, 0.3) is 0 Å². The van der Waals surface area contributed by atoms with Gasteiger partial charge in [-0.2, -0.15) is 0 Å². The summed E-state index contributed by atoms with van der Waals surface area (Å²) in [5.74, 6) is 0.730. The summed E-state index contributed by atoms with van der Waals surface area (Å²) < 4.78 is 5.21. The molecule has 0 bridgehead atoms. The van der Waals surface area contributed by atoms with E-state index in [1.165, 1.54) is 6.08 Å². The van der Waals surface area contributed by atoms with E-state index in [-0.39, 0.29) is 18.4 Å². The standard InChI is InChI=1S/C17H25NO3/c1-4-13(5-2)15(19)12-18-17(20)11-10-14-8-6-7-9-16(14)21-3/h6-11,13,15,19H,4-5,12H2,1-3H3,(H,18,20)/b11-10+. The number of hydrogen-bond acceptors (Lipinski definition) is 3. The summed E-state index contributed by atoms with van der Waals surface area (Å²) >= 11 is 0. The van der Waals surface area contributed by atoms with Gasteiger partial charge < -0.3 is 15.2 Å². The van der Waals surface area contributed by atoms with Crippen LogP contribution >= 0.6 is 0 Å². The molecule has 21 heavy (non-hydrogen) atoms. The van der Waals surface area contributed by atoms with Crippen LogP contribution in [0.4, 0.5) is 0 Å². The highest BCUT2D eigenvalue weighted by Gasteiger charge is 2.15. The van der Waals surface area contributed by atoms with Crippen molar-refractivity contribution in [3.8, 4) is 5.75 Å². The van der Waals surface area contributed by atoms with E-state index in [9.17, 15) is 9.90 Å². The number of benzene rings is 1. The molecule has 4 nitrogen and oxygen atoms in total. The maximum Gasteiger partial charge on any atom is 0.244 e. The number of carbonyl (C=O) groups is 1. The number of methoxy groups -OCH3 is 1. The molecule has 0 saturated carbocycles. The van der Waals surface area contributed by atoms with Crippen molar-refractivity contribution in [3.05, 3.63) is 35.9 Å². The highest BCUT2D eigenvalue weighted by atomic mass is 16.5. The SMILES string of the molecule is CCC(CC)C(O)CNC(=O)/C=C/c1ccccc1OC. The number of hydrogen-bond donors (Lipinski definition) is 2. The van der Waals surface area contributed by atoms with Gasteiger partial charge in [-0.05, 0) is 18.1 Å². The van der Waals surface area contributed by atoms with Crippen LogP contribution in [0.5, 0.6) is 5.75 Å². The van der Waals surface area contributed by atoms with Crippen molar-refractivity contribution in [2.45, 2.75) is 32.8 Å². The van der Waals surface area contributed by atoms with Gasteiger partial charge in [0.1, 0.15) is 5.75 Å². The average Bonchev–Trinajstić information content (AvgIpc) is 2.52. The smallest absolute Gasteiger partial charge is 0.244 e. The number of rotatable bonds is 8. The van der Waals surface area contributed by atoms with Gasteiger partial charge in [0.05, 0.1) is 13.2 Å². The number of carbonyl (C=O) groups excluding carboxylic acids is 1. The normalized spacial score (nSPS) is 12.6. The lowest BCUT2D eigenvalue weighted by Gasteiger charge is -2.19. The molecule has 0 spiro atoms. The quantitative estimate of drug-likeness (QED) is 0.724. The minimum Gasteiger partial charge on any atom is -0.496 e. The van der Waals surface area contributed by atoms with Gasteiger partial charge in [-0.1, -0.05) is 44.9 Å². The number of aliphatic hydroxyl groups is 1. The summed E-state index contributed by atoms with van der Waals surface area (Å²) in [6, 6.07) is 7.48. The van der Waals surface area contributed by atoms with Crippen molar-refractivity contribution >= 4 is 12.0 Å². The summed E-state index contributed by atoms with van der Waals surface area (Å²) in [6.07, 6.45) is 4.48. The van der Waals surface area contributed by atoms with Crippen molar-refractivity contribution in [1.29, 1.82) is 0 Å². The molecule has 1 unspecified atom stereocenters. The summed E-state index contributed by atoms with van der Waals surface area (Å²) in [5.41, 5.74) is 0.843. The summed E-state index contributed by atoms with van der Waals surface area (Å²) in [4.78, 5) is 11.8. The van der Waals surface area contributed by atoms with Crippen molar-refractivity contribution in [1.82, 2.24) is 5.32 Å². The Morgan fingerprint density at radius 3 is 2.62 bits per heavy atom. The van der Waals surface area contributed by atoms with E-state index in [1.807, 2.05) is 38.1 Å². The summed E-state index contributed by atoms with van der Waals surface area (Å²) in [5, 5.41) is 12.7. The first-order valence-corrected chi connectivity index (χ1v) is 7.39. The van der Waals surface area contributed by atoms with Crippen LogP contribution in [-0.4, -0.2) is 30.8 Å². The number of amides is 1. The Kier molecular flexibility index (Phi) is 7.54. The lowest BCUT2D eigenvalue weighted by Crippen LogP contribution is -2.35. The minimum atomic E-state index is -0.497. The van der Waals surface area contributed by atoms with E-state index < -0.39 is 6.10 Å². The Morgan fingerprint density at radius 1 is 1.33 bits per heavy atom. The van der Waals surface area contributed by atoms with Crippen LogP contribution < -0.4 is 10.1 Å². The topological polar surface area (TPSA) is 58.6 Å². The molecule has 116 valence electrons. The van der Waals surface area contributed by atoms with Gasteiger partial charge in [-0.3, -0.25) is 4.79 Å². The van der Waals surface area contributed by atoms with E-state index in [2.05, 4.69) is 5.32 Å². The molecule has 1 amide bonds. The molecule has 1 rings (SSSR count). The van der Waals surface area contributed by atoms with E-state index in [0.717, 1.165) is 24.2 Å². The van der Waals surface area contributed by atoms with Crippen LogP contribution in [0.15, 0.2) is 30.3 Å². The fourth-order valence-corrected chi connectivity index (χ4v) is 2.23.